The van der Waals surface area contributed by atoms with Crippen LogP contribution in [-0.4, -0.2) is 25.7 Å². The van der Waals surface area contributed by atoms with Gasteiger partial charge in [-0.3, -0.25) is 0 Å². The molecule has 0 aliphatic rings. The highest BCUT2D eigenvalue weighted by atomic mass is 19.4. The molecule has 3 rings (SSSR count). The first-order chi connectivity index (χ1) is 11.3. The topological polar surface area (TPSA) is 74.0 Å². The number of rotatable bonds is 3. The molecule has 2 heterocycles. The normalized spacial score (nSPS) is 12.2. The van der Waals surface area contributed by atoms with Gasteiger partial charge in [-0.15, -0.1) is 0 Å². The lowest BCUT2D eigenvalue weighted by Crippen LogP contribution is -2.03. The highest BCUT2D eigenvalue weighted by Gasteiger charge is 2.32. The predicted octanol–water partition coefficient (Wildman–Crippen LogP) is 2.86. The van der Waals surface area contributed by atoms with Crippen LogP contribution in [0.4, 0.5) is 19.1 Å². The SMILES string of the molecule is Cc1cn(N=Cc2ccc(-n3cc(C(F)(F)F)cn3)cc2)c(N)n1. The Morgan fingerprint density at radius 2 is 1.88 bits per heavy atom. The third kappa shape index (κ3) is 3.29. The van der Waals surface area contributed by atoms with Gasteiger partial charge in [0.15, 0.2) is 0 Å². The summed E-state index contributed by atoms with van der Waals surface area (Å²) in [7, 11) is 0. The average Bonchev–Trinajstić information content (AvgIpc) is 3.12. The molecule has 0 fully saturated rings. The molecule has 6 nitrogen and oxygen atoms in total. The quantitative estimate of drug-likeness (QED) is 0.749. The van der Waals surface area contributed by atoms with Crippen molar-refractivity contribution in [3.05, 3.63) is 59.7 Å². The van der Waals surface area contributed by atoms with Crippen LogP contribution < -0.4 is 5.73 Å². The molecule has 124 valence electrons. The molecule has 3 aromatic rings. The molecule has 2 aromatic heterocycles. The van der Waals surface area contributed by atoms with Crippen molar-refractivity contribution >= 4 is 12.2 Å². The number of aromatic nitrogens is 4. The lowest BCUT2D eigenvalue weighted by atomic mass is 10.2. The van der Waals surface area contributed by atoms with Gasteiger partial charge in [-0.25, -0.2) is 14.3 Å². The number of anilines is 1. The summed E-state index contributed by atoms with van der Waals surface area (Å²) >= 11 is 0. The van der Waals surface area contributed by atoms with Crippen LogP contribution in [0.25, 0.3) is 5.69 Å². The Kier molecular flexibility index (Phi) is 3.84. The Balaban J connectivity index is 1.78. The Morgan fingerprint density at radius 3 is 2.42 bits per heavy atom. The summed E-state index contributed by atoms with van der Waals surface area (Å²) in [6.07, 6.45) is 0.583. The number of benzene rings is 1. The molecule has 0 radical (unpaired) electrons. The van der Waals surface area contributed by atoms with Gasteiger partial charge in [0.1, 0.15) is 0 Å². The van der Waals surface area contributed by atoms with Crippen molar-refractivity contribution in [3.63, 3.8) is 0 Å². The van der Waals surface area contributed by atoms with E-state index in [0.717, 1.165) is 23.7 Å². The maximum absolute atomic E-state index is 12.6. The minimum atomic E-state index is -4.41. The zero-order valence-electron chi connectivity index (χ0n) is 12.6. The highest BCUT2D eigenvalue weighted by molar-refractivity contribution is 5.79. The van der Waals surface area contributed by atoms with Crippen molar-refractivity contribution in [2.45, 2.75) is 13.1 Å². The van der Waals surface area contributed by atoms with Crippen LogP contribution in [0, 0.1) is 6.92 Å². The van der Waals surface area contributed by atoms with Crippen LogP contribution in [-0.2, 0) is 6.18 Å². The van der Waals surface area contributed by atoms with E-state index in [9.17, 15) is 13.2 Å². The number of hydrogen-bond donors (Lipinski definition) is 1. The molecule has 2 N–H and O–H groups in total. The van der Waals surface area contributed by atoms with Crippen molar-refractivity contribution < 1.29 is 13.2 Å². The number of alkyl halides is 3. The van der Waals surface area contributed by atoms with E-state index in [1.165, 1.54) is 9.36 Å². The minimum absolute atomic E-state index is 0.275. The van der Waals surface area contributed by atoms with E-state index in [1.807, 2.05) is 0 Å². The van der Waals surface area contributed by atoms with Crippen LogP contribution in [0.15, 0.2) is 48.0 Å². The summed E-state index contributed by atoms with van der Waals surface area (Å²) in [5, 5.41) is 7.89. The van der Waals surface area contributed by atoms with Gasteiger partial charge in [0.25, 0.3) is 0 Å². The molecule has 0 amide bonds. The van der Waals surface area contributed by atoms with Crippen LogP contribution in [0.1, 0.15) is 16.8 Å². The van der Waals surface area contributed by atoms with E-state index < -0.39 is 11.7 Å². The molecule has 24 heavy (non-hydrogen) atoms. The molecule has 0 saturated carbocycles. The molecular formula is C15H13F3N6. The van der Waals surface area contributed by atoms with Crippen molar-refractivity contribution in [1.29, 1.82) is 0 Å². The average molecular weight is 334 g/mol. The standard InChI is InChI=1S/C15H13F3N6/c1-10-8-24(14(19)22-10)20-6-11-2-4-13(5-3-11)23-9-12(7-21-23)15(16,17)18/h2-9H,1H3,(H2,19,22). The van der Waals surface area contributed by atoms with Gasteiger partial charge in [-0.05, 0) is 24.6 Å². The van der Waals surface area contributed by atoms with Crippen LogP contribution in [0.2, 0.25) is 0 Å². The summed E-state index contributed by atoms with van der Waals surface area (Å²) in [6.45, 7) is 1.80. The van der Waals surface area contributed by atoms with E-state index in [4.69, 9.17) is 5.73 Å². The fourth-order valence-electron chi connectivity index (χ4n) is 2.05. The van der Waals surface area contributed by atoms with Gasteiger partial charge >= 0.3 is 6.18 Å². The maximum atomic E-state index is 12.6. The smallest absolute Gasteiger partial charge is 0.368 e. The van der Waals surface area contributed by atoms with Crippen molar-refractivity contribution in [3.8, 4) is 5.69 Å². The van der Waals surface area contributed by atoms with Crippen molar-refractivity contribution in [2.24, 2.45) is 5.10 Å². The first kappa shape index (κ1) is 15.8. The van der Waals surface area contributed by atoms with Gasteiger partial charge in [0, 0.05) is 6.20 Å². The van der Waals surface area contributed by atoms with Gasteiger partial charge in [-0.2, -0.15) is 23.4 Å². The third-order valence-electron chi connectivity index (χ3n) is 3.23. The first-order valence-electron chi connectivity index (χ1n) is 6.91. The van der Waals surface area contributed by atoms with E-state index in [-0.39, 0.29) is 5.95 Å². The van der Waals surface area contributed by atoms with Crippen molar-refractivity contribution in [2.75, 3.05) is 5.73 Å². The third-order valence-corrected chi connectivity index (χ3v) is 3.23. The number of aryl methyl sites for hydroxylation is 1. The molecule has 0 saturated heterocycles. The number of hydrogen-bond acceptors (Lipinski definition) is 4. The Labute approximate surface area is 135 Å². The lowest BCUT2D eigenvalue weighted by Gasteiger charge is -2.03. The Bertz CT molecular complexity index is 873. The number of halogens is 3. The van der Waals surface area contributed by atoms with Gasteiger partial charge in [-0.1, -0.05) is 12.1 Å². The van der Waals surface area contributed by atoms with Crippen LogP contribution in [0.3, 0.4) is 0 Å². The number of nitrogen functional groups attached to an aromatic ring is 1. The molecule has 1 aromatic carbocycles. The van der Waals surface area contributed by atoms with Crippen LogP contribution in [0.5, 0.6) is 0 Å². The second-order valence-electron chi connectivity index (χ2n) is 5.09. The fraction of sp³-hybridized carbons (Fsp3) is 0.133. The zero-order valence-corrected chi connectivity index (χ0v) is 12.6. The summed E-state index contributed by atoms with van der Waals surface area (Å²) in [5.41, 5.74) is 6.91. The molecule has 9 heteroatoms. The van der Waals surface area contributed by atoms with E-state index >= 15 is 0 Å². The molecule has 0 aliphatic heterocycles. The van der Waals surface area contributed by atoms with Gasteiger partial charge in [0.2, 0.25) is 5.95 Å². The Morgan fingerprint density at radius 1 is 1.17 bits per heavy atom. The minimum Gasteiger partial charge on any atom is -0.368 e. The number of imidazole rings is 1. The molecular weight excluding hydrogens is 321 g/mol. The largest absolute Gasteiger partial charge is 0.419 e. The fourth-order valence-corrected chi connectivity index (χ4v) is 2.05. The molecule has 0 aliphatic carbocycles. The highest BCUT2D eigenvalue weighted by Crippen LogP contribution is 2.29. The summed E-state index contributed by atoms with van der Waals surface area (Å²) < 4.78 is 40.4. The summed E-state index contributed by atoms with van der Waals surface area (Å²) in [6, 6.07) is 6.73. The molecule has 0 unspecified atom stereocenters. The van der Waals surface area contributed by atoms with E-state index in [1.54, 1.807) is 43.6 Å². The summed E-state index contributed by atoms with van der Waals surface area (Å²) in [4.78, 5) is 4.02. The Hall–Kier alpha value is -3.10. The molecule has 0 atom stereocenters. The van der Waals surface area contributed by atoms with Crippen LogP contribution >= 0.6 is 0 Å². The number of nitrogens with two attached hydrogens (primary N) is 1. The van der Waals surface area contributed by atoms with E-state index in [0.29, 0.717) is 5.69 Å². The van der Waals surface area contributed by atoms with E-state index in [2.05, 4.69) is 15.2 Å². The second kappa shape index (κ2) is 5.84. The molecule has 0 bridgehead atoms. The molecule has 0 spiro atoms. The monoisotopic (exact) mass is 334 g/mol. The number of nitrogens with zero attached hydrogens (tertiary/aromatic N) is 5. The zero-order chi connectivity index (χ0) is 17.3. The van der Waals surface area contributed by atoms with Crippen molar-refractivity contribution in [1.82, 2.24) is 19.4 Å². The predicted molar refractivity (Wildman–Crippen MR) is 82.9 cm³/mol. The summed E-state index contributed by atoms with van der Waals surface area (Å²) in [5.74, 6) is 0.275. The van der Waals surface area contributed by atoms with Gasteiger partial charge in [0.05, 0.1) is 35.6 Å². The maximum Gasteiger partial charge on any atom is 0.419 e. The first-order valence-corrected chi connectivity index (χ1v) is 6.91. The lowest BCUT2D eigenvalue weighted by molar-refractivity contribution is -0.137. The van der Waals surface area contributed by atoms with Gasteiger partial charge < -0.3 is 5.73 Å². The second-order valence-corrected chi connectivity index (χ2v) is 5.09.